The zero-order valence-electron chi connectivity index (χ0n) is 11.6. The second-order valence-electron chi connectivity index (χ2n) is 6.10. The summed E-state index contributed by atoms with van der Waals surface area (Å²) >= 11 is 0. The standard InChI is InChI=1S/C15H23N3O/c1-11-4-2-3-5-13(11)17-15(19)12-6-8-18-9-7-16-14(18)10-12/h7,9,11-13H,2-6,8,10H2,1H3,(H,17,19). The lowest BCUT2D eigenvalue weighted by molar-refractivity contribution is -0.126. The number of rotatable bonds is 2. The summed E-state index contributed by atoms with van der Waals surface area (Å²) in [6, 6.07) is 0.392. The number of amides is 1. The van der Waals surface area contributed by atoms with Crippen molar-refractivity contribution in [3.63, 3.8) is 0 Å². The first-order valence-electron chi connectivity index (χ1n) is 7.54. The Morgan fingerprint density at radius 1 is 1.37 bits per heavy atom. The van der Waals surface area contributed by atoms with Crippen LogP contribution in [-0.2, 0) is 17.8 Å². The van der Waals surface area contributed by atoms with Crippen molar-refractivity contribution < 1.29 is 4.79 Å². The highest BCUT2D eigenvalue weighted by atomic mass is 16.1. The molecule has 4 heteroatoms. The fraction of sp³-hybridized carbons (Fsp3) is 0.733. The number of aromatic nitrogens is 2. The minimum absolute atomic E-state index is 0.115. The zero-order valence-corrected chi connectivity index (χ0v) is 11.6. The van der Waals surface area contributed by atoms with E-state index >= 15 is 0 Å². The number of fused-ring (bicyclic) bond motifs is 1. The zero-order chi connectivity index (χ0) is 13.2. The highest BCUT2D eigenvalue weighted by Gasteiger charge is 2.29. The van der Waals surface area contributed by atoms with Crippen molar-refractivity contribution in [3.8, 4) is 0 Å². The van der Waals surface area contributed by atoms with Crippen LogP contribution in [0.15, 0.2) is 12.4 Å². The van der Waals surface area contributed by atoms with Gasteiger partial charge in [0.05, 0.1) is 0 Å². The van der Waals surface area contributed by atoms with Crippen molar-refractivity contribution in [1.82, 2.24) is 14.9 Å². The van der Waals surface area contributed by atoms with Crippen molar-refractivity contribution in [2.75, 3.05) is 0 Å². The molecular weight excluding hydrogens is 238 g/mol. The highest BCUT2D eigenvalue weighted by molar-refractivity contribution is 5.79. The van der Waals surface area contributed by atoms with Gasteiger partial charge >= 0.3 is 0 Å². The number of nitrogens with one attached hydrogen (secondary N) is 1. The summed E-state index contributed by atoms with van der Waals surface area (Å²) in [4.78, 5) is 16.7. The van der Waals surface area contributed by atoms with Gasteiger partial charge in [0, 0.05) is 37.3 Å². The molecule has 0 spiro atoms. The molecule has 2 heterocycles. The summed E-state index contributed by atoms with van der Waals surface area (Å²) in [5, 5.41) is 3.29. The van der Waals surface area contributed by atoms with Crippen LogP contribution in [0.3, 0.4) is 0 Å². The van der Waals surface area contributed by atoms with Gasteiger partial charge in [-0.15, -0.1) is 0 Å². The SMILES string of the molecule is CC1CCCCC1NC(=O)C1CCn2ccnc2C1. The van der Waals surface area contributed by atoms with Crippen molar-refractivity contribution >= 4 is 5.91 Å². The average Bonchev–Trinajstić information content (AvgIpc) is 2.88. The Morgan fingerprint density at radius 2 is 2.21 bits per heavy atom. The van der Waals surface area contributed by atoms with Crippen LogP contribution in [0.25, 0.3) is 0 Å². The number of nitrogens with zero attached hydrogens (tertiary/aromatic N) is 2. The van der Waals surface area contributed by atoms with Crippen LogP contribution in [-0.4, -0.2) is 21.5 Å². The van der Waals surface area contributed by atoms with Gasteiger partial charge in [-0.25, -0.2) is 4.98 Å². The summed E-state index contributed by atoms with van der Waals surface area (Å²) in [6.45, 7) is 3.19. The van der Waals surface area contributed by atoms with Crippen LogP contribution in [0, 0.1) is 11.8 Å². The van der Waals surface area contributed by atoms with Gasteiger partial charge in [0.25, 0.3) is 0 Å². The van der Waals surface area contributed by atoms with Crippen molar-refractivity contribution in [1.29, 1.82) is 0 Å². The van der Waals surface area contributed by atoms with Crippen LogP contribution in [0.2, 0.25) is 0 Å². The first kappa shape index (κ1) is 12.7. The molecule has 1 fully saturated rings. The van der Waals surface area contributed by atoms with Gasteiger partial charge in [-0.1, -0.05) is 19.8 Å². The number of imidazole rings is 1. The van der Waals surface area contributed by atoms with Gasteiger partial charge in [-0.05, 0) is 25.2 Å². The number of hydrogen-bond donors (Lipinski definition) is 1. The Kier molecular flexibility index (Phi) is 3.58. The molecule has 0 radical (unpaired) electrons. The maximum Gasteiger partial charge on any atom is 0.223 e. The summed E-state index contributed by atoms with van der Waals surface area (Å²) in [5.41, 5.74) is 0. The van der Waals surface area contributed by atoms with Gasteiger partial charge in [0.1, 0.15) is 5.82 Å². The lowest BCUT2D eigenvalue weighted by Crippen LogP contribution is -2.45. The molecule has 3 atom stereocenters. The smallest absolute Gasteiger partial charge is 0.223 e. The van der Waals surface area contributed by atoms with E-state index in [0.717, 1.165) is 31.6 Å². The molecule has 2 aliphatic rings. The van der Waals surface area contributed by atoms with Crippen LogP contribution < -0.4 is 5.32 Å². The van der Waals surface area contributed by atoms with E-state index < -0.39 is 0 Å². The molecule has 1 saturated carbocycles. The summed E-state index contributed by atoms with van der Waals surface area (Å²) in [6.07, 6.45) is 10.5. The van der Waals surface area contributed by atoms with Crippen molar-refractivity contribution in [2.24, 2.45) is 11.8 Å². The molecule has 1 aliphatic heterocycles. The maximum absolute atomic E-state index is 12.4. The van der Waals surface area contributed by atoms with Gasteiger partial charge in [-0.3, -0.25) is 4.79 Å². The lowest BCUT2D eigenvalue weighted by atomic mass is 9.85. The minimum atomic E-state index is 0.115. The van der Waals surface area contributed by atoms with E-state index in [1.165, 1.54) is 19.3 Å². The summed E-state index contributed by atoms with van der Waals surface area (Å²) in [5.74, 6) is 2.04. The topological polar surface area (TPSA) is 46.9 Å². The molecule has 3 rings (SSSR count). The van der Waals surface area contributed by atoms with E-state index in [1.54, 1.807) is 0 Å². The van der Waals surface area contributed by atoms with E-state index in [2.05, 4.69) is 21.8 Å². The van der Waals surface area contributed by atoms with Crippen LogP contribution >= 0.6 is 0 Å². The molecule has 19 heavy (non-hydrogen) atoms. The molecule has 0 bridgehead atoms. The number of aryl methyl sites for hydroxylation is 1. The molecule has 0 saturated heterocycles. The second kappa shape index (κ2) is 5.35. The third-order valence-electron chi connectivity index (χ3n) is 4.76. The normalized spacial score (nSPS) is 30.7. The fourth-order valence-electron chi connectivity index (χ4n) is 3.41. The van der Waals surface area contributed by atoms with Gasteiger partial charge in [0.15, 0.2) is 0 Å². The first-order chi connectivity index (χ1) is 9.24. The molecule has 1 aromatic rings. The van der Waals surface area contributed by atoms with E-state index in [4.69, 9.17) is 0 Å². The van der Waals surface area contributed by atoms with E-state index in [1.807, 2.05) is 12.4 Å². The van der Waals surface area contributed by atoms with E-state index in [0.29, 0.717) is 12.0 Å². The summed E-state index contributed by atoms with van der Waals surface area (Å²) in [7, 11) is 0. The van der Waals surface area contributed by atoms with Crippen LogP contribution in [0.5, 0.6) is 0 Å². The van der Waals surface area contributed by atoms with Crippen molar-refractivity contribution in [3.05, 3.63) is 18.2 Å². The molecule has 1 aromatic heterocycles. The maximum atomic E-state index is 12.4. The predicted octanol–water partition coefficient (Wildman–Crippen LogP) is 2.14. The minimum Gasteiger partial charge on any atom is -0.353 e. The first-order valence-corrected chi connectivity index (χ1v) is 7.54. The molecule has 104 valence electrons. The van der Waals surface area contributed by atoms with Gasteiger partial charge in [0.2, 0.25) is 5.91 Å². The molecular formula is C15H23N3O. The van der Waals surface area contributed by atoms with E-state index in [-0.39, 0.29) is 11.8 Å². The Hall–Kier alpha value is -1.32. The highest BCUT2D eigenvalue weighted by Crippen LogP contribution is 2.25. The quantitative estimate of drug-likeness (QED) is 0.886. The molecule has 4 nitrogen and oxygen atoms in total. The van der Waals surface area contributed by atoms with Crippen LogP contribution in [0.4, 0.5) is 0 Å². The third-order valence-corrected chi connectivity index (χ3v) is 4.76. The van der Waals surface area contributed by atoms with Crippen LogP contribution in [0.1, 0.15) is 44.9 Å². The molecule has 1 aliphatic carbocycles. The lowest BCUT2D eigenvalue weighted by Gasteiger charge is -2.31. The Labute approximate surface area is 114 Å². The van der Waals surface area contributed by atoms with E-state index in [9.17, 15) is 4.79 Å². The third kappa shape index (κ3) is 2.67. The predicted molar refractivity (Wildman–Crippen MR) is 73.6 cm³/mol. The molecule has 1 amide bonds. The average molecular weight is 261 g/mol. The van der Waals surface area contributed by atoms with Gasteiger partial charge < -0.3 is 9.88 Å². The molecule has 3 unspecified atom stereocenters. The number of hydrogen-bond acceptors (Lipinski definition) is 2. The monoisotopic (exact) mass is 261 g/mol. The number of carbonyl (C=O) groups is 1. The molecule has 1 N–H and O–H groups in total. The van der Waals surface area contributed by atoms with Crippen molar-refractivity contribution in [2.45, 2.75) is 58.0 Å². The Bertz CT molecular complexity index is 454. The Morgan fingerprint density at radius 3 is 3.05 bits per heavy atom. The molecule has 0 aromatic carbocycles. The number of carbonyl (C=O) groups excluding carboxylic acids is 1. The summed E-state index contributed by atoms with van der Waals surface area (Å²) < 4.78 is 2.16. The van der Waals surface area contributed by atoms with Gasteiger partial charge in [-0.2, -0.15) is 0 Å². The Balaban J connectivity index is 1.59. The largest absolute Gasteiger partial charge is 0.353 e. The second-order valence-corrected chi connectivity index (χ2v) is 6.10. The fourth-order valence-corrected chi connectivity index (χ4v) is 3.41.